The molecule has 1 N–H and O–H groups in total. The number of anilines is 2. The van der Waals surface area contributed by atoms with Crippen LogP contribution in [0, 0.1) is 11.8 Å². The monoisotopic (exact) mass is 372 g/mol. The molecule has 0 aromatic carbocycles. The predicted octanol–water partition coefficient (Wildman–Crippen LogP) is 2.55. The van der Waals surface area contributed by atoms with E-state index in [0.717, 1.165) is 47.8 Å². The molecule has 1 aliphatic heterocycles. The molecule has 1 aliphatic carbocycles. The first-order valence-electron chi connectivity index (χ1n) is 10.3. The van der Waals surface area contributed by atoms with Crippen LogP contribution in [0.3, 0.4) is 0 Å². The summed E-state index contributed by atoms with van der Waals surface area (Å²) in [6, 6.07) is 6.12. The highest BCUT2D eigenvalue weighted by Crippen LogP contribution is 2.37. The third kappa shape index (κ3) is 3.34. The molecule has 0 bridgehead atoms. The van der Waals surface area contributed by atoms with Crippen molar-refractivity contribution >= 4 is 30.6 Å². The first-order chi connectivity index (χ1) is 13.8. The van der Waals surface area contributed by atoms with E-state index in [-0.39, 0.29) is 0 Å². The Hall–Kier alpha value is -2.57. The van der Waals surface area contributed by atoms with Crippen molar-refractivity contribution in [2.75, 3.05) is 23.3 Å². The number of hydrogen-bond donors (Lipinski definition) is 1. The summed E-state index contributed by atoms with van der Waals surface area (Å²) in [6.07, 6.45) is 12.1. The van der Waals surface area contributed by atoms with E-state index in [1.54, 1.807) is 16.9 Å². The number of aromatic nitrogens is 4. The zero-order valence-corrected chi connectivity index (χ0v) is 16.1. The van der Waals surface area contributed by atoms with Gasteiger partial charge in [0.2, 0.25) is 0 Å². The van der Waals surface area contributed by atoms with Crippen molar-refractivity contribution in [1.29, 1.82) is 0 Å². The lowest BCUT2D eigenvalue weighted by Crippen LogP contribution is -2.42. The maximum atomic E-state index is 6.15. The van der Waals surface area contributed by atoms with Crippen molar-refractivity contribution < 1.29 is 0 Å². The highest BCUT2D eigenvalue weighted by Gasteiger charge is 2.31. The van der Waals surface area contributed by atoms with Gasteiger partial charge in [-0.2, -0.15) is 9.61 Å². The van der Waals surface area contributed by atoms with Crippen LogP contribution in [-0.4, -0.2) is 40.5 Å². The molecule has 0 amide bonds. The molecule has 142 valence electrons. The summed E-state index contributed by atoms with van der Waals surface area (Å²) in [5.74, 6) is 3.61. The molecule has 1 saturated carbocycles. The van der Waals surface area contributed by atoms with E-state index in [2.05, 4.69) is 32.4 Å². The summed E-state index contributed by atoms with van der Waals surface area (Å²) in [5, 5.41) is 7.91. The van der Waals surface area contributed by atoms with Crippen molar-refractivity contribution in [3.63, 3.8) is 0 Å². The number of rotatable bonds is 4. The van der Waals surface area contributed by atoms with Gasteiger partial charge in [-0.1, -0.05) is 25.3 Å². The molecule has 2 radical (unpaired) electrons. The first-order valence-corrected chi connectivity index (χ1v) is 10.3. The number of fused-ring (bicyclic) bond motifs is 2. The van der Waals surface area contributed by atoms with Gasteiger partial charge in [0.1, 0.15) is 19.5 Å². The van der Waals surface area contributed by atoms with Gasteiger partial charge in [-0.3, -0.25) is 4.98 Å². The van der Waals surface area contributed by atoms with Crippen molar-refractivity contribution in [1.82, 2.24) is 19.6 Å². The summed E-state index contributed by atoms with van der Waals surface area (Å²) in [4.78, 5) is 11.5. The van der Waals surface area contributed by atoms with Gasteiger partial charge in [-0.15, -0.1) is 0 Å². The van der Waals surface area contributed by atoms with Crippen LogP contribution in [0.25, 0.3) is 5.65 Å². The smallest absolute Gasteiger partial charge is 0.152 e. The zero-order chi connectivity index (χ0) is 18.9. The quantitative estimate of drug-likeness (QED) is 0.714. The van der Waals surface area contributed by atoms with E-state index in [1.807, 2.05) is 12.3 Å². The lowest BCUT2D eigenvalue weighted by molar-refractivity contribution is 0.202. The highest BCUT2D eigenvalue weighted by molar-refractivity contribution is 6.36. The summed E-state index contributed by atoms with van der Waals surface area (Å²) >= 11 is 0. The minimum atomic E-state index is 0.610. The number of pyridine rings is 1. The third-order valence-electron chi connectivity index (χ3n) is 6.30. The molecule has 7 heteroatoms. The fraction of sp³-hybridized carbons (Fsp3) is 0.476. The molecule has 6 nitrogen and oxygen atoms in total. The van der Waals surface area contributed by atoms with Crippen LogP contribution >= 0.6 is 0 Å². The SMILES string of the molecule is [B]c1cnn2c(NCc3cccnc3)cc(N3CC[C@@H]4CCCCC4C3)nc12. The molecule has 3 aromatic heterocycles. The molecular weight excluding hydrogens is 347 g/mol. The molecule has 1 saturated heterocycles. The summed E-state index contributed by atoms with van der Waals surface area (Å²) < 4.78 is 1.79. The Bertz CT molecular complexity index is 956. The summed E-state index contributed by atoms with van der Waals surface area (Å²) in [5.41, 5.74) is 2.45. The fourth-order valence-corrected chi connectivity index (χ4v) is 4.76. The predicted molar refractivity (Wildman–Crippen MR) is 112 cm³/mol. The maximum Gasteiger partial charge on any atom is 0.152 e. The van der Waals surface area contributed by atoms with Crippen LogP contribution in [0.5, 0.6) is 0 Å². The van der Waals surface area contributed by atoms with Crippen LogP contribution in [-0.2, 0) is 6.54 Å². The van der Waals surface area contributed by atoms with Crippen molar-refractivity contribution in [2.45, 2.75) is 38.6 Å². The second kappa shape index (κ2) is 7.45. The Morgan fingerprint density at radius 2 is 2.04 bits per heavy atom. The Balaban J connectivity index is 1.43. The van der Waals surface area contributed by atoms with Gasteiger partial charge in [0.05, 0.1) is 0 Å². The number of piperidine rings is 1. The van der Waals surface area contributed by atoms with Crippen LogP contribution < -0.4 is 15.7 Å². The molecule has 28 heavy (non-hydrogen) atoms. The van der Waals surface area contributed by atoms with E-state index in [9.17, 15) is 0 Å². The normalized spacial score (nSPS) is 22.2. The molecule has 1 unspecified atom stereocenters. The van der Waals surface area contributed by atoms with Gasteiger partial charge in [0, 0.05) is 44.3 Å². The first kappa shape index (κ1) is 17.5. The van der Waals surface area contributed by atoms with Crippen molar-refractivity contribution in [3.05, 3.63) is 42.4 Å². The van der Waals surface area contributed by atoms with Gasteiger partial charge < -0.3 is 10.2 Å². The van der Waals surface area contributed by atoms with Gasteiger partial charge in [-0.05, 0) is 41.8 Å². The van der Waals surface area contributed by atoms with Gasteiger partial charge in [-0.25, -0.2) is 4.98 Å². The van der Waals surface area contributed by atoms with Gasteiger partial charge in [0.15, 0.2) is 5.65 Å². The zero-order valence-electron chi connectivity index (χ0n) is 16.1. The van der Waals surface area contributed by atoms with E-state index < -0.39 is 0 Å². The summed E-state index contributed by atoms with van der Waals surface area (Å²) in [7, 11) is 6.15. The second-order valence-electron chi connectivity index (χ2n) is 8.09. The van der Waals surface area contributed by atoms with Gasteiger partial charge >= 0.3 is 0 Å². The topological polar surface area (TPSA) is 58.4 Å². The minimum Gasteiger partial charge on any atom is -0.366 e. The van der Waals surface area contributed by atoms with E-state index in [0.29, 0.717) is 12.0 Å². The molecule has 3 aromatic rings. The standard InChI is InChI=1S/C21H25BN6/c22-18-13-25-28-19(24-12-15-4-3-8-23-11-15)10-20(26-21(18)28)27-9-7-16-5-1-2-6-17(16)14-27/h3-4,8,10-11,13,16-17,24H,1-2,5-7,9,12,14H2/t16-,17?/m0/s1. The van der Waals surface area contributed by atoms with Crippen LogP contribution in [0.1, 0.15) is 37.7 Å². The van der Waals surface area contributed by atoms with E-state index in [4.69, 9.17) is 12.8 Å². The highest BCUT2D eigenvalue weighted by atomic mass is 15.3. The molecule has 2 atom stereocenters. The lowest BCUT2D eigenvalue weighted by Gasteiger charge is -2.41. The molecular formula is C21H25BN6. The summed E-state index contributed by atoms with van der Waals surface area (Å²) in [6.45, 7) is 2.85. The third-order valence-corrected chi connectivity index (χ3v) is 6.30. The van der Waals surface area contributed by atoms with E-state index in [1.165, 1.54) is 32.1 Å². The van der Waals surface area contributed by atoms with Crippen molar-refractivity contribution in [3.8, 4) is 0 Å². The number of nitrogens with one attached hydrogen (secondary N) is 1. The fourth-order valence-electron chi connectivity index (χ4n) is 4.76. The van der Waals surface area contributed by atoms with Crippen LogP contribution in [0.4, 0.5) is 11.6 Å². The second-order valence-corrected chi connectivity index (χ2v) is 8.09. The van der Waals surface area contributed by atoms with E-state index >= 15 is 0 Å². The Kier molecular flexibility index (Phi) is 4.67. The van der Waals surface area contributed by atoms with Crippen molar-refractivity contribution in [2.24, 2.45) is 11.8 Å². The number of hydrogen-bond acceptors (Lipinski definition) is 5. The molecule has 4 heterocycles. The largest absolute Gasteiger partial charge is 0.366 e. The number of nitrogens with zero attached hydrogens (tertiary/aromatic N) is 5. The molecule has 5 rings (SSSR count). The maximum absolute atomic E-state index is 6.15. The average molecular weight is 372 g/mol. The average Bonchev–Trinajstić information content (AvgIpc) is 3.13. The Morgan fingerprint density at radius 3 is 2.89 bits per heavy atom. The Labute approximate surface area is 166 Å². The lowest BCUT2D eigenvalue weighted by atomic mass is 9.75. The van der Waals surface area contributed by atoms with Crippen LogP contribution in [0.2, 0.25) is 0 Å². The van der Waals surface area contributed by atoms with Crippen LogP contribution in [0.15, 0.2) is 36.8 Å². The molecule has 2 fully saturated rings. The Morgan fingerprint density at radius 1 is 1.14 bits per heavy atom. The molecule has 2 aliphatic rings. The molecule has 0 spiro atoms. The van der Waals surface area contributed by atoms with Gasteiger partial charge in [0.25, 0.3) is 0 Å². The minimum absolute atomic E-state index is 0.610.